The first kappa shape index (κ1) is 41.9. The molecule has 1 fully saturated rings. The van der Waals surface area contributed by atoms with E-state index in [2.05, 4.69) is 0 Å². The Balaban J connectivity index is 0.000000860. The molecule has 2 N–H and O–H groups in total. The van der Waals surface area contributed by atoms with Gasteiger partial charge in [0.2, 0.25) is 0 Å². The SMILES string of the molecule is Clc1cc(Cl)cc(C=N[C@@H]2CCCC[C@H]2N=Cc2cc(Cl)cc(Cl)c2)c1.O=S(=O)(O)C(F)(F)F.O=S(=O)(O)C(F)(F)F.[Cu]. The van der Waals surface area contributed by atoms with Crippen LogP contribution in [0.3, 0.4) is 0 Å². The Kier molecular flexibility index (Phi) is 17.1. The van der Waals surface area contributed by atoms with Crippen molar-refractivity contribution in [1.29, 1.82) is 0 Å². The van der Waals surface area contributed by atoms with Gasteiger partial charge in [0.25, 0.3) is 0 Å². The van der Waals surface area contributed by atoms with Gasteiger partial charge in [-0.15, -0.1) is 0 Å². The van der Waals surface area contributed by atoms with Crippen LogP contribution < -0.4 is 0 Å². The Morgan fingerprint density at radius 1 is 0.628 bits per heavy atom. The molecule has 0 aromatic heterocycles. The van der Waals surface area contributed by atoms with Gasteiger partial charge in [0.1, 0.15) is 0 Å². The maximum atomic E-state index is 10.7. The molecule has 21 heteroatoms. The molecule has 0 unspecified atom stereocenters. The summed E-state index contributed by atoms with van der Waals surface area (Å²) in [6, 6.07) is 11.1. The molecular formula is C22H20Cl4CuF6N2O6S2. The summed E-state index contributed by atoms with van der Waals surface area (Å²) >= 11 is 24.2. The number of hydrogen-bond donors (Lipinski definition) is 2. The Morgan fingerprint density at radius 3 is 1.07 bits per heavy atom. The van der Waals surface area contributed by atoms with E-state index >= 15 is 0 Å². The first-order valence-electron chi connectivity index (χ1n) is 11.1. The van der Waals surface area contributed by atoms with E-state index in [-0.39, 0.29) is 29.2 Å². The third kappa shape index (κ3) is 16.1. The molecule has 2 atom stereocenters. The van der Waals surface area contributed by atoms with Gasteiger partial charge in [0.15, 0.2) is 0 Å². The number of halogens is 10. The van der Waals surface area contributed by atoms with Crippen molar-refractivity contribution in [2.45, 2.75) is 48.8 Å². The molecule has 1 radical (unpaired) electrons. The average Bonchev–Trinajstić information content (AvgIpc) is 2.79. The second-order valence-electron chi connectivity index (χ2n) is 8.22. The second-order valence-corrected chi connectivity index (χ2v) is 12.8. The number of benzene rings is 2. The molecule has 0 heterocycles. The van der Waals surface area contributed by atoms with Crippen LogP contribution in [0.5, 0.6) is 0 Å². The van der Waals surface area contributed by atoms with Crippen molar-refractivity contribution in [1.82, 2.24) is 0 Å². The van der Waals surface area contributed by atoms with E-state index < -0.39 is 31.3 Å². The van der Waals surface area contributed by atoms with E-state index in [1.807, 2.05) is 36.7 Å². The van der Waals surface area contributed by atoms with Crippen molar-refractivity contribution in [2.24, 2.45) is 9.98 Å². The molecule has 0 spiro atoms. The summed E-state index contributed by atoms with van der Waals surface area (Å²) in [6.07, 6.45) is 8.03. The van der Waals surface area contributed by atoms with E-state index in [0.717, 1.165) is 36.8 Å². The fraction of sp³-hybridized carbons (Fsp3) is 0.364. The zero-order chi connectivity index (χ0) is 32.5. The summed E-state index contributed by atoms with van der Waals surface area (Å²) in [5, 5.41) is 2.43. The zero-order valence-electron chi connectivity index (χ0n) is 20.9. The van der Waals surface area contributed by atoms with E-state index in [4.69, 9.17) is 82.3 Å². The second kappa shape index (κ2) is 17.5. The predicted molar refractivity (Wildman–Crippen MR) is 149 cm³/mol. The average molecular weight is 792 g/mol. The van der Waals surface area contributed by atoms with Crippen LogP contribution in [-0.2, 0) is 37.3 Å². The van der Waals surface area contributed by atoms with Gasteiger partial charge in [-0.2, -0.15) is 43.2 Å². The molecule has 2 aromatic rings. The number of rotatable bonds is 4. The third-order valence-electron chi connectivity index (χ3n) is 4.88. The molecule has 43 heavy (non-hydrogen) atoms. The summed E-state index contributed by atoms with van der Waals surface area (Å²) in [5.41, 5.74) is -9.27. The van der Waals surface area contributed by atoms with Gasteiger partial charge in [-0.25, -0.2) is 0 Å². The van der Waals surface area contributed by atoms with Crippen LogP contribution in [-0.4, -0.2) is 61.5 Å². The first-order chi connectivity index (χ1) is 19.0. The van der Waals surface area contributed by atoms with E-state index in [1.165, 1.54) is 0 Å². The van der Waals surface area contributed by atoms with Gasteiger partial charge in [-0.3, -0.25) is 19.1 Å². The largest absolute Gasteiger partial charge is 0.522 e. The van der Waals surface area contributed by atoms with Crippen LogP contribution in [0.1, 0.15) is 36.8 Å². The molecule has 0 saturated heterocycles. The van der Waals surface area contributed by atoms with Crippen LogP contribution in [0.25, 0.3) is 0 Å². The van der Waals surface area contributed by atoms with Crippen molar-refractivity contribution >= 4 is 79.1 Å². The van der Waals surface area contributed by atoms with Gasteiger partial charge in [0, 0.05) is 49.6 Å². The fourth-order valence-electron chi connectivity index (χ4n) is 3.10. The molecule has 8 nitrogen and oxygen atoms in total. The Bertz CT molecular complexity index is 1340. The predicted octanol–water partition coefficient (Wildman–Crippen LogP) is 7.93. The number of aliphatic imine (C=N–C) groups is 2. The topological polar surface area (TPSA) is 133 Å². The number of nitrogens with zero attached hydrogens (tertiary/aromatic N) is 2. The van der Waals surface area contributed by atoms with Crippen molar-refractivity contribution in [3.63, 3.8) is 0 Å². The summed E-state index contributed by atoms with van der Waals surface area (Å²) in [4.78, 5) is 9.51. The van der Waals surface area contributed by atoms with Crippen molar-refractivity contribution in [3.05, 3.63) is 67.6 Å². The third-order valence-corrected chi connectivity index (χ3v) is 6.92. The van der Waals surface area contributed by atoms with Gasteiger partial charge in [0.05, 0.1) is 12.1 Å². The zero-order valence-corrected chi connectivity index (χ0v) is 26.5. The minimum atomic E-state index is -5.84. The molecule has 1 aliphatic rings. The minimum absolute atomic E-state index is 0. The normalized spacial score (nSPS) is 17.9. The minimum Gasteiger partial charge on any atom is -0.287 e. The van der Waals surface area contributed by atoms with Crippen molar-refractivity contribution < 1.29 is 69.4 Å². The van der Waals surface area contributed by atoms with Crippen LogP contribution in [0.15, 0.2) is 46.4 Å². The molecular weight excluding hydrogens is 772 g/mol. The summed E-state index contributed by atoms with van der Waals surface area (Å²) < 4.78 is 115. The number of hydrogen-bond acceptors (Lipinski definition) is 6. The number of alkyl halides is 6. The van der Waals surface area contributed by atoms with Crippen LogP contribution in [0.2, 0.25) is 20.1 Å². The standard InChI is InChI=1S/C20H18Cl4N2.2CHF3O3S.Cu/c21-15-5-13(6-16(22)9-15)11-25-19-3-1-2-4-20(19)26-12-14-7-17(23)10-18(24)8-14;2*2-1(3,4)8(5,6)7;/h5-12,19-20H,1-4H2;2*(H,5,6,7);/t19-,20-;;;/m1.../s1. The van der Waals surface area contributed by atoms with Crippen LogP contribution in [0.4, 0.5) is 26.3 Å². The van der Waals surface area contributed by atoms with Crippen LogP contribution in [0, 0.1) is 0 Å². The fourth-order valence-corrected chi connectivity index (χ4v) is 4.19. The smallest absolute Gasteiger partial charge is 0.287 e. The monoisotopic (exact) mass is 789 g/mol. The Hall–Kier alpha value is -1.14. The van der Waals surface area contributed by atoms with Gasteiger partial charge in [-0.05, 0) is 60.4 Å². The Morgan fingerprint density at radius 2 is 0.860 bits per heavy atom. The van der Waals surface area contributed by atoms with E-state index in [9.17, 15) is 26.3 Å². The first-order valence-corrected chi connectivity index (χ1v) is 15.4. The Labute approximate surface area is 273 Å². The van der Waals surface area contributed by atoms with Gasteiger partial charge in [-0.1, -0.05) is 59.2 Å². The van der Waals surface area contributed by atoms with E-state index in [1.54, 1.807) is 12.1 Å². The molecule has 0 aliphatic heterocycles. The molecule has 1 aliphatic carbocycles. The molecule has 247 valence electrons. The summed E-state index contributed by atoms with van der Waals surface area (Å²) in [7, 11) is -11.7. The molecule has 0 amide bonds. The maximum absolute atomic E-state index is 10.7. The van der Waals surface area contributed by atoms with Gasteiger partial charge < -0.3 is 0 Å². The molecule has 0 bridgehead atoms. The molecule has 2 aromatic carbocycles. The summed E-state index contributed by atoms with van der Waals surface area (Å²) in [5.74, 6) is 0. The van der Waals surface area contributed by atoms with Crippen molar-refractivity contribution in [3.8, 4) is 0 Å². The summed E-state index contributed by atoms with van der Waals surface area (Å²) in [6.45, 7) is 0. The van der Waals surface area contributed by atoms with Crippen molar-refractivity contribution in [2.75, 3.05) is 0 Å². The molecule has 3 rings (SSSR count). The van der Waals surface area contributed by atoms with Gasteiger partial charge >= 0.3 is 31.3 Å². The quantitative estimate of drug-likeness (QED) is 0.106. The van der Waals surface area contributed by atoms with E-state index in [0.29, 0.717) is 20.1 Å². The molecule has 1 saturated carbocycles. The van der Waals surface area contributed by atoms with Crippen LogP contribution >= 0.6 is 46.4 Å². The maximum Gasteiger partial charge on any atom is 0.522 e.